The van der Waals surface area contributed by atoms with Crippen LogP contribution in [0.2, 0.25) is 0 Å². The number of hydrogen-bond donors (Lipinski definition) is 1. The SMILES string of the molecule is C[C@H](NC(=O)CN1CCN(Cc2ccc3c(c2)OCO3)CC1)C1CC1. The van der Waals surface area contributed by atoms with Crippen molar-refractivity contribution in [3.8, 4) is 11.5 Å². The van der Waals surface area contributed by atoms with Gasteiger partial charge in [-0.3, -0.25) is 14.6 Å². The van der Waals surface area contributed by atoms with Crippen LogP contribution < -0.4 is 14.8 Å². The Labute approximate surface area is 149 Å². The molecule has 0 aromatic heterocycles. The second-order valence-electron chi connectivity index (χ2n) is 7.43. The van der Waals surface area contributed by atoms with Crippen LogP contribution in [0.5, 0.6) is 11.5 Å². The van der Waals surface area contributed by atoms with Crippen molar-refractivity contribution in [1.82, 2.24) is 15.1 Å². The van der Waals surface area contributed by atoms with Gasteiger partial charge in [-0.2, -0.15) is 0 Å². The normalized spacial score (nSPS) is 22.0. The van der Waals surface area contributed by atoms with Crippen molar-refractivity contribution in [3.63, 3.8) is 0 Å². The van der Waals surface area contributed by atoms with E-state index in [4.69, 9.17) is 9.47 Å². The highest BCUT2D eigenvalue weighted by atomic mass is 16.7. The van der Waals surface area contributed by atoms with Gasteiger partial charge in [0, 0.05) is 38.8 Å². The van der Waals surface area contributed by atoms with Crippen LogP contribution in [0, 0.1) is 5.92 Å². The summed E-state index contributed by atoms with van der Waals surface area (Å²) in [6, 6.07) is 6.49. The molecule has 1 atom stereocenters. The quantitative estimate of drug-likeness (QED) is 0.846. The molecule has 1 saturated heterocycles. The zero-order valence-electron chi connectivity index (χ0n) is 14.9. The average molecular weight is 345 g/mol. The Balaban J connectivity index is 1.21. The summed E-state index contributed by atoms with van der Waals surface area (Å²) >= 11 is 0. The van der Waals surface area contributed by atoms with Crippen molar-refractivity contribution in [3.05, 3.63) is 23.8 Å². The lowest BCUT2D eigenvalue weighted by atomic mass is 10.1. The molecule has 2 aliphatic heterocycles. The smallest absolute Gasteiger partial charge is 0.234 e. The van der Waals surface area contributed by atoms with Crippen molar-refractivity contribution < 1.29 is 14.3 Å². The second-order valence-corrected chi connectivity index (χ2v) is 7.43. The monoisotopic (exact) mass is 345 g/mol. The van der Waals surface area contributed by atoms with E-state index in [1.165, 1.54) is 18.4 Å². The number of fused-ring (bicyclic) bond motifs is 1. The summed E-state index contributed by atoms with van der Waals surface area (Å²) in [5.74, 6) is 2.56. The van der Waals surface area contributed by atoms with E-state index < -0.39 is 0 Å². The molecule has 6 heteroatoms. The molecule has 2 fully saturated rings. The Kier molecular flexibility index (Phi) is 4.81. The summed E-state index contributed by atoms with van der Waals surface area (Å²) in [6.07, 6.45) is 2.53. The molecular weight excluding hydrogens is 318 g/mol. The lowest BCUT2D eigenvalue weighted by molar-refractivity contribution is -0.123. The van der Waals surface area contributed by atoms with Crippen molar-refractivity contribution in [2.45, 2.75) is 32.4 Å². The fourth-order valence-electron chi connectivity index (χ4n) is 3.62. The Morgan fingerprint density at radius 1 is 1.16 bits per heavy atom. The molecule has 1 aliphatic carbocycles. The minimum absolute atomic E-state index is 0.170. The fourth-order valence-corrected chi connectivity index (χ4v) is 3.62. The molecule has 0 bridgehead atoms. The predicted octanol–water partition coefficient (Wildman–Crippen LogP) is 1.45. The van der Waals surface area contributed by atoms with Crippen LogP contribution in [0.4, 0.5) is 0 Å². The van der Waals surface area contributed by atoms with Crippen LogP contribution in [0.15, 0.2) is 18.2 Å². The Morgan fingerprint density at radius 3 is 2.64 bits per heavy atom. The average Bonchev–Trinajstić information content (AvgIpc) is 3.35. The fraction of sp³-hybridized carbons (Fsp3) is 0.632. The number of amides is 1. The minimum Gasteiger partial charge on any atom is -0.454 e. The molecule has 1 aromatic rings. The molecule has 1 N–H and O–H groups in total. The van der Waals surface area contributed by atoms with Gasteiger partial charge in [-0.05, 0) is 43.4 Å². The Hall–Kier alpha value is -1.79. The van der Waals surface area contributed by atoms with E-state index >= 15 is 0 Å². The third kappa shape index (κ3) is 4.25. The molecule has 0 spiro atoms. The first-order valence-electron chi connectivity index (χ1n) is 9.30. The third-order valence-electron chi connectivity index (χ3n) is 5.39. The molecule has 1 aromatic carbocycles. The van der Waals surface area contributed by atoms with Crippen molar-refractivity contribution >= 4 is 5.91 Å². The number of nitrogens with one attached hydrogen (secondary N) is 1. The molecule has 2 heterocycles. The molecule has 4 rings (SSSR count). The molecule has 1 saturated carbocycles. The first-order valence-corrected chi connectivity index (χ1v) is 9.30. The van der Waals surface area contributed by atoms with Gasteiger partial charge in [0.1, 0.15) is 0 Å². The van der Waals surface area contributed by atoms with Gasteiger partial charge in [0.05, 0.1) is 6.54 Å². The summed E-state index contributed by atoms with van der Waals surface area (Å²) in [4.78, 5) is 16.8. The highest BCUT2D eigenvalue weighted by molar-refractivity contribution is 5.78. The number of carbonyl (C=O) groups is 1. The number of hydrogen-bond acceptors (Lipinski definition) is 5. The number of nitrogens with zero attached hydrogens (tertiary/aromatic N) is 2. The van der Waals surface area contributed by atoms with Gasteiger partial charge >= 0.3 is 0 Å². The summed E-state index contributed by atoms with van der Waals surface area (Å²) in [6.45, 7) is 7.73. The highest BCUT2D eigenvalue weighted by Crippen LogP contribution is 2.33. The molecular formula is C19H27N3O3. The highest BCUT2D eigenvalue weighted by Gasteiger charge is 2.29. The van der Waals surface area contributed by atoms with E-state index in [-0.39, 0.29) is 5.91 Å². The summed E-state index contributed by atoms with van der Waals surface area (Å²) in [5.41, 5.74) is 1.24. The maximum absolute atomic E-state index is 12.1. The van der Waals surface area contributed by atoms with Crippen LogP contribution in [-0.2, 0) is 11.3 Å². The largest absolute Gasteiger partial charge is 0.454 e. The van der Waals surface area contributed by atoms with Crippen LogP contribution in [0.1, 0.15) is 25.3 Å². The van der Waals surface area contributed by atoms with E-state index in [1.807, 2.05) is 6.07 Å². The topological polar surface area (TPSA) is 54.0 Å². The van der Waals surface area contributed by atoms with E-state index in [2.05, 4.69) is 34.2 Å². The van der Waals surface area contributed by atoms with Gasteiger partial charge < -0.3 is 14.8 Å². The second kappa shape index (κ2) is 7.22. The number of piperazine rings is 1. The standard InChI is InChI=1S/C19H27N3O3/c1-14(16-3-4-16)20-19(23)12-22-8-6-21(7-9-22)11-15-2-5-17-18(10-15)25-13-24-17/h2,5,10,14,16H,3-4,6-9,11-13H2,1H3,(H,20,23)/t14-/m0/s1. The Bertz CT molecular complexity index is 624. The molecule has 136 valence electrons. The molecule has 6 nitrogen and oxygen atoms in total. The van der Waals surface area contributed by atoms with E-state index in [1.54, 1.807) is 0 Å². The number of benzene rings is 1. The van der Waals surface area contributed by atoms with Crippen LogP contribution in [0.3, 0.4) is 0 Å². The van der Waals surface area contributed by atoms with Gasteiger partial charge in [-0.1, -0.05) is 6.07 Å². The zero-order valence-corrected chi connectivity index (χ0v) is 14.9. The number of carbonyl (C=O) groups excluding carboxylic acids is 1. The van der Waals surface area contributed by atoms with Crippen molar-refractivity contribution in [2.24, 2.45) is 5.92 Å². The first-order chi connectivity index (χ1) is 12.2. The van der Waals surface area contributed by atoms with Crippen LogP contribution in [0.25, 0.3) is 0 Å². The Morgan fingerprint density at radius 2 is 1.88 bits per heavy atom. The first kappa shape index (κ1) is 16.7. The number of ether oxygens (including phenoxy) is 2. The van der Waals surface area contributed by atoms with Crippen LogP contribution >= 0.6 is 0 Å². The van der Waals surface area contributed by atoms with Crippen molar-refractivity contribution in [2.75, 3.05) is 39.5 Å². The van der Waals surface area contributed by atoms with Gasteiger partial charge in [0.25, 0.3) is 0 Å². The van der Waals surface area contributed by atoms with E-state index in [0.717, 1.165) is 44.2 Å². The summed E-state index contributed by atoms with van der Waals surface area (Å²) in [5, 5.41) is 3.14. The third-order valence-corrected chi connectivity index (χ3v) is 5.39. The maximum atomic E-state index is 12.1. The van der Waals surface area contributed by atoms with Crippen molar-refractivity contribution in [1.29, 1.82) is 0 Å². The van der Waals surface area contributed by atoms with Crippen LogP contribution in [-0.4, -0.2) is 61.3 Å². The lowest BCUT2D eigenvalue weighted by Gasteiger charge is -2.34. The molecule has 1 amide bonds. The van der Waals surface area contributed by atoms with Gasteiger partial charge in [0.15, 0.2) is 11.5 Å². The zero-order chi connectivity index (χ0) is 17.2. The van der Waals surface area contributed by atoms with Gasteiger partial charge in [0.2, 0.25) is 12.7 Å². The van der Waals surface area contributed by atoms with Gasteiger partial charge in [-0.15, -0.1) is 0 Å². The summed E-state index contributed by atoms with van der Waals surface area (Å²) in [7, 11) is 0. The number of rotatable bonds is 6. The maximum Gasteiger partial charge on any atom is 0.234 e. The summed E-state index contributed by atoms with van der Waals surface area (Å²) < 4.78 is 10.8. The minimum atomic E-state index is 0.170. The molecule has 0 radical (unpaired) electrons. The molecule has 3 aliphatic rings. The molecule has 0 unspecified atom stereocenters. The van der Waals surface area contributed by atoms with E-state index in [0.29, 0.717) is 25.3 Å². The van der Waals surface area contributed by atoms with E-state index in [9.17, 15) is 4.79 Å². The predicted molar refractivity (Wildman–Crippen MR) is 94.6 cm³/mol. The molecule has 25 heavy (non-hydrogen) atoms. The van der Waals surface area contributed by atoms with Gasteiger partial charge in [-0.25, -0.2) is 0 Å². The lowest BCUT2D eigenvalue weighted by Crippen LogP contribution is -2.50.